The van der Waals surface area contributed by atoms with Crippen molar-refractivity contribution in [2.75, 3.05) is 0 Å². The molecule has 1 aliphatic carbocycles. The molecule has 0 bridgehead atoms. The maximum Gasteiger partial charge on any atom is 0.165 e. The maximum atomic E-state index is 11.2. The summed E-state index contributed by atoms with van der Waals surface area (Å²) in [7, 11) is 0. The second kappa shape index (κ2) is 2.80. The Morgan fingerprint density at radius 3 is 2.36 bits per heavy atom. The van der Waals surface area contributed by atoms with Crippen LogP contribution in [0.15, 0.2) is 29.8 Å². The Balaban J connectivity index is 2.69. The summed E-state index contributed by atoms with van der Waals surface area (Å²) in [5.74, 6) is -0.346. The lowest BCUT2D eigenvalue weighted by molar-refractivity contribution is -0.113. The first-order chi connectivity index (χ1) is 6.63. The van der Waals surface area contributed by atoms with E-state index >= 15 is 0 Å². The van der Waals surface area contributed by atoms with Gasteiger partial charge >= 0.3 is 0 Å². The van der Waals surface area contributed by atoms with Gasteiger partial charge in [0.25, 0.3) is 0 Å². The van der Waals surface area contributed by atoms with Crippen LogP contribution in [0.25, 0.3) is 5.76 Å². The SMILES string of the molecule is CC(=O)C1=C(O)c2ccccc2C1=N. The lowest BCUT2D eigenvalue weighted by Crippen LogP contribution is -2.06. The lowest BCUT2D eigenvalue weighted by Gasteiger charge is -1.97. The highest BCUT2D eigenvalue weighted by molar-refractivity contribution is 6.34. The van der Waals surface area contributed by atoms with Crippen LogP contribution < -0.4 is 0 Å². The molecule has 3 nitrogen and oxygen atoms in total. The molecule has 0 spiro atoms. The first kappa shape index (κ1) is 8.69. The second-order valence-corrected chi connectivity index (χ2v) is 3.20. The quantitative estimate of drug-likeness (QED) is 0.705. The van der Waals surface area contributed by atoms with Crippen molar-refractivity contribution in [1.29, 1.82) is 5.41 Å². The molecular formula is C11H9NO2. The van der Waals surface area contributed by atoms with Crippen molar-refractivity contribution in [3.05, 3.63) is 41.0 Å². The van der Waals surface area contributed by atoms with Gasteiger partial charge in [-0.15, -0.1) is 0 Å². The van der Waals surface area contributed by atoms with Crippen LogP contribution in [-0.2, 0) is 4.79 Å². The van der Waals surface area contributed by atoms with Gasteiger partial charge in [-0.2, -0.15) is 0 Å². The lowest BCUT2D eigenvalue weighted by atomic mass is 10.1. The number of carbonyl (C=O) groups is 1. The minimum Gasteiger partial charge on any atom is -0.506 e. The molecule has 14 heavy (non-hydrogen) atoms. The Hall–Kier alpha value is -1.90. The molecule has 0 saturated carbocycles. The Bertz CT molecular complexity index is 472. The molecule has 70 valence electrons. The van der Waals surface area contributed by atoms with E-state index in [1.165, 1.54) is 6.92 Å². The van der Waals surface area contributed by atoms with Crippen molar-refractivity contribution in [3.63, 3.8) is 0 Å². The topological polar surface area (TPSA) is 61.1 Å². The largest absolute Gasteiger partial charge is 0.506 e. The normalized spacial score (nSPS) is 14.5. The molecule has 1 aromatic carbocycles. The summed E-state index contributed by atoms with van der Waals surface area (Å²) >= 11 is 0. The fraction of sp³-hybridized carbons (Fsp3) is 0.0909. The molecule has 1 aromatic rings. The number of aliphatic hydroxyl groups is 1. The van der Waals surface area contributed by atoms with Gasteiger partial charge in [-0.25, -0.2) is 0 Å². The van der Waals surface area contributed by atoms with Crippen molar-refractivity contribution < 1.29 is 9.90 Å². The third-order valence-electron chi connectivity index (χ3n) is 2.29. The predicted molar refractivity (Wildman–Crippen MR) is 53.5 cm³/mol. The summed E-state index contributed by atoms with van der Waals surface area (Å²) in [6, 6.07) is 6.98. The molecule has 0 radical (unpaired) electrons. The molecule has 0 saturated heterocycles. The van der Waals surface area contributed by atoms with Crippen molar-refractivity contribution in [2.24, 2.45) is 0 Å². The first-order valence-corrected chi connectivity index (χ1v) is 4.26. The van der Waals surface area contributed by atoms with Crippen LogP contribution >= 0.6 is 0 Å². The predicted octanol–water partition coefficient (Wildman–Crippen LogP) is 1.93. The molecule has 0 unspecified atom stereocenters. The summed E-state index contributed by atoms with van der Waals surface area (Å²) < 4.78 is 0. The van der Waals surface area contributed by atoms with Gasteiger partial charge < -0.3 is 5.11 Å². The van der Waals surface area contributed by atoms with E-state index in [2.05, 4.69) is 0 Å². The number of allylic oxidation sites excluding steroid dienone is 1. The van der Waals surface area contributed by atoms with Crippen LogP contribution in [0.4, 0.5) is 0 Å². The van der Waals surface area contributed by atoms with Crippen LogP contribution in [0, 0.1) is 5.41 Å². The summed E-state index contributed by atoms with van der Waals surface area (Å²) in [6.07, 6.45) is 0. The highest BCUT2D eigenvalue weighted by atomic mass is 16.3. The van der Waals surface area contributed by atoms with Crippen LogP contribution in [0.5, 0.6) is 0 Å². The molecular weight excluding hydrogens is 178 g/mol. The van der Waals surface area contributed by atoms with E-state index in [0.29, 0.717) is 11.1 Å². The number of hydrogen-bond donors (Lipinski definition) is 2. The fourth-order valence-electron chi connectivity index (χ4n) is 1.64. The van der Waals surface area contributed by atoms with Crippen molar-refractivity contribution in [2.45, 2.75) is 6.92 Å². The number of hydrogen-bond acceptors (Lipinski definition) is 3. The van der Waals surface area contributed by atoms with Crippen molar-refractivity contribution in [3.8, 4) is 0 Å². The zero-order valence-corrected chi connectivity index (χ0v) is 7.66. The third-order valence-corrected chi connectivity index (χ3v) is 2.29. The smallest absolute Gasteiger partial charge is 0.165 e. The Morgan fingerprint density at radius 1 is 1.29 bits per heavy atom. The number of rotatable bonds is 1. The van der Waals surface area contributed by atoms with E-state index in [9.17, 15) is 9.90 Å². The zero-order chi connectivity index (χ0) is 10.3. The molecule has 0 heterocycles. The Morgan fingerprint density at radius 2 is 1.86 bits per heavy atom. The average molecular weight is 187 g/mol. The van der Waals surface area contributed by atoms with Gasteiger partial charge in [-0.1, -0.05) is 24.3 Å². The third kappa shape index (κ3) is 0.988. The summed E-state index contributed by atoms with van der Waals surface area (Å²) in [5.41, 5.74) is 1.43. The van der Waals surface area contributed by atoms with E-state index < -0.39 is 0 Å². The van der Waals surface area contributed by atoms with Gasteiger partial charge in [0, 0.05) is 11.1 Å². The van der Waals surface area contributed by atoms with Gasteiger partial charge in [0.15, 0.2) is 5.78 Å². The second-order valence-electron chi connectivity index (χ2n) is 3.20. The van der Waals surface area contributed by atoms with Crippen LogP contribution in [0.2, 0.25) is 0 Å². The molecule has 2 N–H and O–H groups in total. The van der Waals surface area contributed by atoms with Gasteiger partial charge in [0.1, 0.15) is 5.76 Å². The van der Waals surface area contributed by atoms with Gasteiger partial charge in [-0.05, 0) is 6.92 Å². The van der Waals surface area contributed by atoms with E-state index in [0.717, 1.165) is 0 Å². The number of fused-ring (bicyclic) bond motifs is 1. The van der Waals surface area contributed by atoms with Gasteiger partial charge in [0.05, 0.1) is 11.3 Å². The van der Waals surface area contributed by atoms with E-state index in [1.807, 2.05) is 0 Å². The minimum atomic E-state index is -0.274. The molecule has 3 heteroatoms. The van der Waals surface area contributed by atoms with Crippen LogP contribution in [0.3, 0.4) is 0 Å². The summed E-state index contributed by atoms with van der Waals surface area (Å²) in [4.78, 5) is 11.2. The highest BCUT2D eigenvalue weighted by Crippen LogP contribution is 2.30. The van der Waals surface area contributed by atoms with Gasteiger partial charge in [0.2, 0.25) is 0 Å². The molecule has 0 atom stereocenters. The molecule has 0 fully saturated rings. The molecule has 2 rings (SSSR count). The molecule has 0 aromatic heterocycles. The zero-order valence-electron chi connectivity index (χ0n) is 7.66. The molecule has 0 amide bonds. The standard InChI is InChI=1S/C11H9NO2/c1-6(13)9-10(12)7-4-2-3-5-8(7)11(9)14/h2-5,12,14H,1H3. The summed E-state index contributed by atoms with van der Waals surface area (Å²) in [5, 5.41) is 17.4. The summed E-state index contributed by atoms with van der Waals surface area (Å²) in [6.45, 7) is 1.35. The van der Waals surface area contributed by atoms with E-state index in [1.54, 1.807) is 24.3 Å². The Kier molecular flexibility index (Phi) is 1.74. The number of Topliss-reactive ketones (excluding diaryl/α,β-unsaturated/α-hetero) is 1. The van der Waals surface area contributed by atoms with E-state index in [-0.39, 0.29) is 22.8 Å². The van der Waals surface area contributed by atoms with Crippen LogP contribution in [0.1, 0.15) is 18.1 Å². The number of nitrogens with one attached hydrogen (secondary N) is 1. The maximum absolute atomic E-state index is 11.2. The molecule has 0 aliphatic heterocycles. The molecule has 1 aliphatic rings. The fourth-order valence-corrected chi connectivity index (χ4v) is 1.64. The number of aliphatic hydroxyl groups excluding tert-OH is 1. The monoisotopic (exact) mass is 187 g/mol. The number of ketones is 1. The van der Waals surface area contributed by atoms with Gasteiger partial charge in [-0.3, -0.25) is 10.2 Å². The van der Waals surface area contributed by atoms with Crippen molar-refractivity contribution >= 4 is 17.3 Å². The first-order valence-electron chi connectivity index (χ1n) is 4.26. The van der Waals surface area contributed by atoms with Crippen molar-refractivity contribution in [1.82, 2.24) is 0 Å². The van der Waals surface area contributed by atoms with Crippen LogP contribution in [-0.4, -0.2) is 16.6 Å². The average Bonchev–Trinajstić information content (AvgIpc) is 2.41. The Labute approximate surface area is 81.2 Å². The number of carbonyl (C=O) groups excluding carboxylic acids is 1. The number of benzene rings is 1. The highest BCUT2D eigenvalue weighted by Gasteiger charge is 2.28. The van der Waals surface area contributed by atoms with E-state index in [4.69, 9.17) is 5.41 Å². The minimum absolute atomic E-state index is 0.0712.